The number of aromatic nitrogens is 1. The molecule has 1 atom stereocenters. The van der Waals surface area contributed by atoms with Crippen molar-refractivity contribution in [3.05, 3.63) is 89.6 Å². The fourth-order valence-corrected chi connectivity index (χ4v) is 5.95. The van der Waals surface area contributed by atoms with E-state index in [0.717, 1.165) is 17.8 Å². The van der Waals surface area contributed by atoms with Crippen molar-refractivity contribution in [3.63, 3.8) is 0 Å². The number of thiazole rings is 1. The Balaban J connectivity index is 1.85. The van der Waals surface area contributed by atoms with Gasteiger partial charge in [0.2, 0.25) is 0 Å². The topological polar surface area (TPSA) is 99.0 Å². The lowest BCUT2D eigenvalue weighted by Crippen LogP contribution is -2.40. The molecule has 0 fully saturated rings. The number of hydrogen-bond acceptors (Lipinski definition) is 7. The van der Waals surface area contributed by atoms with Gasteiger partial charge >= 0.3 is 5.97 Å². The van der Waals surface area contributed by atoms with Crippen LogP contribution in [0.3, 0.4) is 0 Å². The van der Waals surface area contributed by atoms with Gasteiger partial charge in [0.15, 0.2) is 4.80 Å². The smallest absolute Gasteiger partial charge is 0.338 e. The van der Waals surface area contributed by atoms with Gasteiger partial charge in [0.1, 0.15) is 10.3 Å². The van der Waals surface area contributed by atoms with Crippen LogP contribution in [0.1, 0.15) is 43.9 Å². The molecule has 2 aliphatic rings. The van der Waals surface area contributed by atoms with Gasteiger partial charge in [-0.25, -0.2) is 9.79 Å². The van der Waals surface area contributed by atoms with Gasteiger partial charge in [0, 0.05) is 16.3 Å². The van der Waals surface area contributed by atoms with Gasteiger partial charge in [-0.1, -0.05) is 48.4 Å². The molecule has 1 amide bonds. The quantitative estimate of drug-likeness (QED) is 0.485. The number of halogens is 1. The Kier molecular flexibility index (Phi) is 6.74. The summed E-state index contributed by atoms with van der Waals surface area (Å²) in [6, 6.07) is 11.5. The minimum atomic E-state index is -0.801. The molecule has 5 rings (SSSR count). The predicted octanol–water partition coefficient (Wildman–Crippen LogP) is 3.56. The van der Waals surface area contributed by atoms with Crippen molar-refractivity contribution in [1.29, 1.82) is 0 Å². The summed E-state index contributed by atoms with van der Waals surface area (Å²) < 4.78 is 12.5. The second-order valence-electron chi connectivity index (χ2n) is 8.53. The number of allylic oxidation sites excluding steroid dienone is 1. The van der Waals surface area contributed by atoms with E-state index in [1.165, 1.54) is 4.57 Å². The van der Waals surface area contributed by atoms with Gasteiger partial charge in [-0.2, -0.15) is 0 Å². The summed E-state index contributed by atoms with van der Waals surface area (Å²) in [6.45, 7) is 3.91. The molecule has 0 bridgehead atoms. The van der Waals surface area contributed by atoms with Crippen LogP contribution in [-0.4, -0.2) is 30.2 Å². The van der Waals surface area contributed by atoms with E-state index in [2.05, 4.69) is 5.32 Å². The van der Waals surface area contributed by atoms with Crippen LogP contribution in [0.4, 0.5) is 5.69 Å². The van der Waals surface area contributed by atoms with Gasteiger partial charge in [-0.05, 0) is 49.2 Å². The van der Waals surface area contributed by atoms with Crippen LogP contribution < -0.4 is 24.9 Å². The number of esters is 1. The third-order valence-electron chi connectivity index (χ3n) is 6.23. The van der Waals surface area contributed by atoms with Crippen LogP contribution in [-0.2, 0) is 14.3 Å². The maximum absolute atomic E-state index is 14.0. The highest BCUT2D eigenvalue weighted by Gasteiger charge is 2.36. The summed E-state index contributed by atoms with van der Waals surface area (Å²) in [4.78, 5) is 45.5. The highest BCUT2D eigenvalue weighted by molar-refractivity contribution is 7.07. The van der Waals surface area contributed by atoms with Crippen molar-refractivity contribution < 1.29 is 19.1 Å². The van der Waals surface area contributed by atoms with E-state index in [-0.39, 0.29) is 22.6 Å². The van der Waals surface area contributed by atoms with Crippen LogP contribution in [0.2, 0.25) is 5.02 Å². The zero-order valence-corrected chi connectivity index (χ0v) is 22.0. The molecule has 190 valence electrons. The molecule has 0 radical (unpaired) electrons. The SMILES string of the molecule is CCCC1=C(C(=O)OCC)[C@H](c2cccc(OC)c2)n2c(s/c(=C3\C(=O)Nc4ccc(Cl)cc43)c2=O)=N1. The lowest BCUT2D eigenvalue weighted by molar-refractivity contribution is -0.139. The Hall–Kier alpha value is -3.69. The fraction of sp³-hybridized carbons (Fsp3) is 0.259. The number of fused-ring (bicyclic) bond motifs is 2. The van der Waals surface area contributed by atoms with Crippen LogP contribution in [0.5, 0.6) is 5.75 Å². The molecule has 3 aromatic rings. The number of rotatable bonds is 6. The van der Waals surface area contributed by atoms with Crippen LogP contribution in [0, 0.1) is 0 Å². The number of hydrogen-bond donors (Lipinski definition) is 1. The fourth-order valence-electron chi connectivity index (χ4n) is 4.66. The molecule has 1 N–H and O–H groups in total. The van der Waals surface area contributed by atoms with Crippen molar-refractivity contribution in [1.82, 2.24) is 4.57 Å². The summed E-state index contributed by atoms with van der Waals surface area (Å²) in [6.07, 6.45) is 1.26. The average Bonchev–Trinajstić information content (AvgIpc) is 3.38. The van der Waals surface area contributed by atoms with Crippen molar-refractivity contribution >= 4 is 46.1 Å². The van der Waals surface area contributed by atoms with Crippen molar-refractivity contribution in [2.24, 2.45) is 4.99 Å². The molecule has 0 saturated carbocycles. The number of ether oxygens (including phenoxy) is 2. The zero-order chi connectivity index (χ0) is 26.3. The van der Waals surface area contributed by atoms with Crippen LogP contribution in [0.25, 0.3) is 5.57 Å². The Labute approximate surface area is 221 Å². The first-order valence-corrected chi connectivity index (χ1v) is 13.1. The standard InChI is InChI=1S/C27H24ClN3O5S/c1-4-7-19-21(26(34)36-5-2)22(14-8-6-9-16(12-14)35-3)31-25(33)23(37-27(31)30-19)20-17-13-15(28)10-11-18(17)29-24(20)32/h6,8-13,22H,4-5,7H2,1-3H3,(H,29,32)/b23-20-/t22-/m0/s1. The molecule has 0 spiro atoms. The second-order valence-corrected chi connectivity index (χ2v) is 9.94. The highest BCUT2D eigenvalue weighted by Crippen LogP contribution is 2.35. The number of methoxy groups -OCH3 is 1. The Bertz CT molecular complexity index is 1650. The number of benzene rings is 2. The monoisotopic (exact) mass is 537 g/mol. The van der Waals surface area contributed by atoms with E-state index in [1.54, 1.807) is 50.4 Å². The molecule has 8 nitrogen and oxygen atoms in total. The average molecular weight is 538 g/mol. The van der Waals surface area contributed by atoms with E-state index in [0.29, 0.717) is 50.1 Å². The Morgan fingerprint density at radius 3 is 2.73 bits per heavy atom. The molecule has 2 aliphatic heterocycles. The molecule has 3 heterocycles. The zero-order valence-electron chi connectivity index (χ0n) is 20.5. The van der Waals surface area contributed by atoms with Gasteiger partial charge in [0.25, 0.3) is 11.5 Å². The molecule has 0 saturated heterocycles. The maximum Gasteiger partial charge on any atom is 0.338 e. The first kappa shape index (κ1) is 25.0. The summed E-state index contributed by atoms with van der Waals surface area (Å²) in [5, 5.41) is 3.25. The maximum atomic E-state index is 14.0. The number of amides is 1. The molecular formula is C27H24ClN3O5S. The number of nitrogens with zero attached hydrogens (tertiary/aromatic N) is 2. The first-order chi connectivity index (χ1) is 17.9. The summed E-state index contributed by atoms with van der Waals surface area (Å²) in [5.74, 6) is -0.339. The summed E-state index contributed by atoms with van der Waals surface area (Å²) in [7, 11) is 1.55. The normalized spacial score (nSPS) is 17.6. The first-order valence-electron chi connectivity index (χ1n) is 11.9. The lowest BCUT2D eigenvalue weighted by Gasteiger charge is -2.26. The predicted molar refractivity (Wildman–Crippen MR) is 142 cm³/mol. The van der Waals surface area contributed by atoms with Gasteiger partial charge in [-0.15, -0.1) is 0 Å². The third-order valence-corrected chi connectivity index (χ3v) is 7.52. The van der Waals surface area contributed by atoms with Crippen molar-refractivity contribution in [2.75, 3.05) is 19.0 Å². The van der Waals surface area contributed by atoms with Gasteiger partial charge in [-0.3, -0.25) is 14.2 Å². The van der Waals surface area contributed by atoms with E-state index in [9.17, 15) is 14.4 Å². The number of nitrogens with one attached hydrogen (secondary N) is 1. The molecule has 1 aromatic heterocycles. The van der Waals surface area contributed by atoms with E-state index < -0.39 is 17.6 Å². The van der Waals surface area contributed by atoms with E-state index in [1.807, 2.05) is 13.0 Å². The van der Waals surface area contributed by atoms with Crippen LogP contribution in [0.15, 0.2) is 63.5 Å². The minimum Gasteiger partial charge on any atom is -0.497 e. The molecule has 2 aromatic carbocycles. The largest absolute Gasteiger partial charge is 0.497 e. The Morgan fingerprint density at radius 1 is 1.19 bits per heavy atom. The molecule has 0 unspecified atom stereocenters. The molecule has 37 heavy (non-hydrogen) atoms. The number of carbonyl (C=O) groups excluding carboxylic acids is 2. The minimum absolute atomic E-state index is 0.179. The highest BCUT2D eigenvalue weighted by atomic mass is 35.5. The number of carbonyl (C=O) groups is 2. The molecule has 0 aliphatic carbocycles. The third kappa shape index (κ3) is 4.28. The Morgan fingerprint density at radius 2 is 2.00 bits per heavy atom. The van der Waals surface area contributed by atoms with Gasteiger partial charge < -0.3 is 14.8 Å². The van der Waals surface area contributed by atoms with Crippen molar-refractivity contribution in [3.8, 4) is 5.75 Å². The van der Waals surface area contributed by atoms with Gasteiger partial charge in [0.05, 0.1) is 36.6 Å². The molecule has 10 heteroatoms. The lowest BCUT2D eigenvalue weighted by atomic mass is 9.94. The van der Waals surface area contributed by atoms with Crippen molar-refractivity contribution in [2.45, 2.75) is 32.7 Å². The van der Waals surface area contributed by atoms with E-state index in [4.69, 9.17) is 26.1 Å². The van der Waals surface area contributed by atoms with E-state index >= 15 is 0 Å². The molecular weight excluding hydrogens is 514 g/mol. The summed E-state index contributed by atoms with van der Waals surface area (Å²) >= 11 is 7.34. The van der Waals surface area contributed by atoms with Crippen LogP contribution >= 0.6 is 22.9 Å². The second kappa shape index (κ2) is 9.99. The number of anilines is 1. The summed E-state index contributed by atoms with van der Waals surface area (Å²) in [5.41, 5.74) is 2.49.